The first-order valence-corrected chi connectivity index (χ1v) is 10.6. The number of hydrogen-bond acceptors (Lipinski definition) is 6. The largest absolute Gasteiger partial charge is 0.376 e. The van der Waals surface area contributed by atoms with Gasteiger partial charge in [0, 0.05) is 31.8 Å². The lowest BCUT2D eigenvalue weighted by Gasteiger charge is -2.24. The molecule has 0 aliphatic carbocycles. The maximum atomic E-state index is 12.9. The summed E-state index contributed by atoms with van der Waals surface area (Å²) < 4.78 is 32.2. The minimum atomic E-state index is -3.96. The van der Waals surface area contributed by atoms with Crippen molar-refractivity contribution in [3.8, 4) is 0 Å². The van der Waals surface area contributed by atoms with E-state index in [0.717, 1.165) is 36.7 Å². The van der Waals surface area contributed by atoms with Crippen LogP contribution in [0.25, 0.3) is 0 Å². The van der Waals surface area contributed by atoms with Crippen LogP contribution in [0.2, 0.25) is 0 Å². The van der Waals surface area contributed by atoms with Crippen molar-refractivity contribution >= 4 is 21.8 Å². The summed E-state index contributed by atoms with van der Waals surface area (Å²) in [5.41, 5.74) is 0.397. The van der Waals surface area contributed by atoms with Gasteiger partial charge in [-0.25, -0.2) is 12.7 Å². The number of benzene rings is 1. The van der Waals surface area contributed by atoms with E-state index in [4.69, 9.17) is 4.74 Å². The summed E-state index contributed by atoms with van der Waals surface area (Å²) in [7, 11) is -2.24. The third-order valence-electron chi connectivity index (χ3n) is 5.55. The van der Waals surface area contributed by atoms with Crippen molar-refractivity contribution in [2.24, 2.45) is 0 Å². The quantitative estimate of drug-likeness (QED) is 0.798. The lowest BCUT2D eigenvalue weighted by Crippen LogP contribution is -2.38. The first-order valence-electron chi connectivity index (χ1n) is 9.20. The Morgan fingerprint density at radius 1 is 1.37 bits per heavy atom. The zero-order valence-electron chi connectivity index (χ0n) is 15.2. The van der Waals surface area contributed by atoms with Gasteiger partial charge in [-0.3, -0.25) is 9.59 Å². The fourth-order valence-corrected chi connectivity index (χ4v) is 5.53. The molecule has 2 atom stereocenters. The normalized spacial score (nSPS) is 26.4. The van der Waals surface area contributed by atoms with Gasteiger partial charge in [-0.1, -0.05) is 0 Å². The van der Waals surface area contributed by atoms with E-state index in [1.165, 1.54) is 18.2 Å². The number of rotatable bonds is 4. The second kappa shape index (κ2) is 6.88. The molecular formula is C18H23N3O5S. The fraction of sp³-hybridized carbons (Fsp3) is 0.556. The molecule has 0 aromatic heterocycles. The molecule has 0 saturated carbocycles. The Morgan fingerprint density at radius 3 is 2.85 bits per heavy atom. The van der Waals surface area contributed by atoms with Gasteiger partial charge in [0.05, 0.1) is 18.2 Å². The van der Waals surface area contributed by atoms with Crippen molar-refractivity contribution in [1.82, 2.24) is 14.5 Å². The van der Waals surface area contributed by atoms with Crippen LogP contribution in [-0.2, 0) is 14.8 Å². The number of fused-ring (bicyclic) bond motifs is 1. The summed E-state index contributed by atoms with van der Waals surface area (Å²) >= 11 is 0. The number of hydrogen-bond donors (Lipinski definition) is 1. The highest BCUT2D eigenvalue weighted by atomic mass is 32.2. The number of carbonyl (C=O) groups excluding carboxylic acids is 2. The van der Waals surface area contributed by atoms with Gasteiger partial charge in [-0.2, -0.15) is 0 Å². The molecule has 0 bridgehead atoms. The van der Waals surface area contributed by atoms with Gasteiger partial charge in [-0.05, 0) is 44.0 Å². The Labute approximate surface area is 158 Å². The smallest absolute Gasteiger partial charge is 0.269 e. The second-order valence-corrected chi connectivity index (χ2v) is 9.08. The molecule has 27 heavy (non-hydrogen) atoms. The highest BCUT2D eigenvalue weighted by Gasteiger charge is 2.43. The fourth-order valence-electron chi connectivity index (χ4n) is 3.90. The lowest BCUT2D eigenvalue weighted by atomic mass is 10.1. The molecule has 2 amide bonds. The second-order valence-electron chi connectivity index (χ2n) is 7.25. The minimum Gasteiger partial charge on any atom is -0.376 e. The SMILES string of the molecule is CN(C(=O)c1ccc2c(c1)S(=O)(=O)N(CC1CCCO1)C2=O)C1CCNC1. The molecule has 146 valence electrons. The standard InChI is InChI=1S/C18H23N3O5S/c1-20(13-6-7-19-10-13)17(22)12-4-5-15-16(9-12)27(24,25)21(18(15)23)11-14-3-2-8-26-14/h4-5,9,13-14,19H,2-3,6-8,10-11H2,1H3. The lowest BCUT2D eigenvalue weighted by molar-refractivity contribution is 0.0706. The van der Waals surface area contributed by atoms with Crippen LogP contribution in [0.1, 0.15) is 40.0 Å². The van der Waals surface area contributed by atoms with E-state index in [1.54, 1.807) is 11.9 Å². The van der Waals surface area contributed by atoms with Gasteiger partial charge < -0.3 is 15.0 Å². The molecule has 9 heteroatoms. The van der Waals surface area contributed by atoms with E-state index >= 15 is 0 Å². The Morgan fingerprint density at radius 2 is 2.19 bits per heavy atom. The van der Waals surface area contributed by atoms with Crippen LogP contribution in [0.3, 0.4) is 0 Å². The van der Waals surface area contributed by atoms with Crippen molar-refractivity contribution in [2.75, 3.05) is 33.3 Å². The molecule has 8 nitrogen and oxygen atoms in total. The van der Waals surface area contributed by atoms with E-state index in [0.29, 0.717) is 6.61 Å². The van der Waals surface area contributed by atoms with Crippen molar-refractivity contribution in [3.63, 3.8) is 0 Å². The first-order chi connectivity index (χ1) is 12.9. The summed E-state index contributed by atoms with van der Waals surface area (Å²) in [4.78, 5) is 26.9. The Hall–Kier alpha value is -1.97. The van der Waals surface area contributed by atoms with Crippen molar-refractivity contribution in [3.05, 3.63) is 29.3 Å². The Bertz CT molecular complexity index is 873. The number of likely N-dealkylation sites (N-methyl/N-ethyl adjacent to an activating group) is 1. The van der Waals surface area contributed by atoms with Crippen LogP contribution in [0, 0.1) is 0 Å². The van der Waals surface area contributed by atoms with Gasteiger partial charge in [-0.15, -0.1) is 0 Å². The van der Waals surface area contributed by atoms with Gasteiger partial charge in [0.25, 0.3) is 21.8 Å². The number of ether oxygens (including phenoxy) is 1. The molecular weight excluding hydrogens is 370 g/mol. The molecule has 3 aliphatic heterocycles. The van der Waals surface area contributed by atoms with E-state index in [1.807, 2.05) is 0 Å². The van der Waals surface area contributed by atoms with Crippen LogP contribution in [0.5, 0.6) is 0 Å². The molecule has 2 saturated heterocycles. The van der Waals surface area contributed by atoms with E-state index in [9.17, 15) is 18.0 Å². The summed E-state index contributed by atoms with van der Waals surface area (Å²) in [6, 6.07) is 4.39. The molecule has 0 radical (unpaired) electrons. The predicted octanol–water partition coefficient (Wildman–Crippen LogP) is 0.444. The minimum absolute atomic E-state index is 0.0206. The summed E-state index contributed by atoms with van der Waals surface area (Å²) in [5.74, 6) is -0.792. The molecule has 1 aromatic rings. The third kappa shape index (κ3) is 3.13. The van der Waals surface area contributed by atoms with Crippen molar-refractivity contribution in [1.29, 1.82) is 0 Å². The van der Waals surface area contributed by atoms with Crippen LogP contribution in [0.4, 0.5) is 0 Å². The predicted molar refractivity (Wildman–Crippen MR) is 97.0 cm³/mol. The number of nitrogens with zero attached hydrogens (tertiary/aromatic N) is 2. The maximum Gasteiger partial charge on any atom is 0.269 e. The molecule has 2 unspecified atom stereocenters. The summed E-state index contributed by atoms with van der Waals surface area (Å²) in [5, 5.41) is 3.21. The first kappa shape index (κ1) is 18.4. The number of sulfonamides is 1. The molecule has 1 aromatic carbocycles. The molecule has 0 spiro atoms. The summed E-state index contributed by atoms with van der Waals surface area (Å²) in [6.07, 6.45) is 2.19. The topological polar surface area (TPSA) is 96.0 Å². The third-order valence-corrected chi connectivity index (χ3v) is 7.34. The van der Waals surface area contributed by atoms with Crippen LogP contribution in [0.15, 0.2) is 23.1 Å². The van der Waals surface area contributed by atoms with Crippen LogP contribution < -0.4 is 5.32 Å². The maximum absolute atomic E-state index is 12.9. The number of carbonyl (C=O) groups is 2. The highest BCUT2D eigenvalue weighted by molar-refractivity contribution is 7.90. The molecule has 1 N–H and O–H groups in total. The molecule has 2 fully saturated rings. The van der Waals surface area contributed by atoms with E-state index in [-0.39, 0.29) is 40.6 Å². The number of amides is 2. The van der Waals surface area contributed by atoms with Crippen LogP contribution >= 0.6 is 0 Å². The summed E-state index contributed by atoms with van der Waals surface area (Å²) in [6.45, 7) is 2.18. The van der Waals surface area contributed by atoms with Gasteiger partial charge in [0.1, 0.15) is 4.90 Å². The molecule has 3 heterocycles. The monoisotopic (exact) mass is 393 g/mol. The average Bonchev–Trinajstić information content (AvgIpc) is 3.39. The zero-order valence-corrected chi connectivity index (χ0v) is 16.0. The van der Waals surface area contributed by atoms with Crippen molar-refractivity contribution < 1.29 is 22.7 Å². The van der Waals surface area contributed by atoms with Gasteiger partial charge in [0.2, 0.25) is 0 Å². The van der Waals surface area contributed by atoms with Gasteiger partial charge in [0.15, 0.2) is 0 Å². The average molecular weight is 393 g/mol. The number of nitrogens with one attached hydrogen (secondary N) is 1. The Balaban J connectivity index is 1.61. The molecule has 4 rings (SSSR count). The highest BCUT2D eigenvalue weighted by Crippen LogP contribution is 2.32. The van der Waals surface area contributed by atoms with E-state index in [2.05, 4.69) is 5.32 Å². The van der Waals surface area contributed by atoms with E-state index < -0.39 is 15.9 Å². The van der Waals surface area contributed by atoms with Gasteiger partial charge >= 0.3 is 0 Å². The zero-order chi connectivity index (χ0) is 19.2. The Kier molecular flexibility index (Phi) is 4.69. The van der Waals surface area contributed by atoms with Crippen molar-refractivity contribution in [2.45, 2.75) is 36.3 Å². The molecule has 3 aliphatic rings. The van der Waals surface area contributed by atoms with Crippen LogP contribution in [-0.4, -0.2) is 74.9 Å².